The number of nitrogens with zero attached hydrogens (tertiary/aromatic N) is 2. The fraction of sp³-hybridized carbons (Fsp3) is 0. The van der Waals surface area contributed by atoms with Gasteiger partial charge in [-0.1, -0.05) is 6.07 Å². The fourth-order valence-electron chi connectivity index (χ4n) is 1.43. The van der Waals surface area contributed by atoms with Crippen LogP contribution in [0.2, 0.25) is 0 Å². The molecule has 0 saturated heterocycles. The average Bonchev–Trinajstić information content (AvgIpc) is 3.00. The molecule has 0 aliphatic carbocycles. The zero-order valence-corrected chi connectivity index (χ0v) is 11.6. The second-order valence-electron chi connectivity index (χ2n) is 3.40. The second kappa shape index (κ2) is 4.58. The van der Waals surface area contributed by atoms with Gasteiger partial charge in [0.1, 0.15) is 0 Å². The van der Waals surface area contributed by atoms with Crippen molar-refractivity contribution in [1.82, 2.24) is 10.2 Å². The molecule has 17 heavy (non-hydrogen) atoms. The fourth-order valence-corrected chi connectivity index (χ4v) is 2.44. The Labute approximate surface area is 116 Å². The van der Waals surface area contributed by atoms with E-state index in [-0.39, 0.29) is 0 Å². The number of rotatable bonds is 2. The van der Waals surface area contributed by atoms with Gasteiger partial charge in [0.05, 0.1) is 4.88 Å². The maximum absolute atomic E-state index is 5.64. The first-order chi connectivity index (χ1) is 8.33. The standard InChI is InChI=1S/C12H7IN2OS/c13-9-5-3-8(4-6-9)11-14-15-12(16-11)10-2-1-7-17-10/h1-7H. The van der Waals surface area contributed by atoms with Gasteiger partial charge in [0.2, 0.25) is 5.89 Å². The summed E-state index contributed by atoms with van der Waals surface area (Å²) in [4.78, 5) is 0.995. The van der Waals surface area contributed by atoms with E-state index in [0.717, 1.165) is 10.4 Å². The molecule has 3 aromatic rings. The van der Waals surface area contributed by atoms with E-state index in [2.05, 4.69) is 32.8 Å². The van der Waals surface area contributed by atoms with E-state index in [1.54, 1.807) is 11.3 Å². The van der Waals surface area contributed by atoms with Gasteiger partial charge in [-0.2, -0.15) is 0 Å². The molecule has 0 saturated carbocycles. The summed E-state index contributed by atoms with van der Waals surface area (Å²) in [6.07, 6.45) is 0. The van der Waals surface area contributed by atoms with Crippen LogP contribution in [0.25, 0.3) is 22.2 Å². The molecule has 0 bridgehead atoms. The van der Waals surface area contributed by atoms with Crippen molar-refractivity contribution in [3.05, 3.63) is 45.3 Å². The Morgan fingerprint density at radius 1 is 1.00 bits per heavy atom. The molecule has 0 aliphatic heterocycles. The average molecular weight is 354 g/mol. The molecule has 1 aromatic carbocycles. The maximum atomic E-state index is 5.64. The van der Waals surface area contributed by atoms with Crippen LogP contribution in [0, 0.1) is 3.57 Å². The molecule has 0 fully saturated rings. The van der Waals surface area contributed by atoms with Gasteiger partial charge >= 0.3 is 0 Å². The summed E-state index contributed by atoms with van der Waals surface area (Å²) >= 11 is 3.85. The molecule has 0 unspecified atom stereocenters. The minimum absolute atomic E-state index is 0.560. The second-order valence-corrected chi connectivity index (χ2v) is 5.59. The predicted octanol–water partition coefficient (Wildman–Crippen LogP) is 4.07. The van der Waals surface area contributed by atoms with Crippen LogP contribution in [-0.2, 0) is 0 Å². The van der Waals surface area contributed by atoms with Crippen LogP contribution in [0.3, 0.4) is 0 Å². The highest BCUT2D eigenvalue weighted by Crippen LogP contribution is 2.27. The molecular weight excluding hydrogens is 347 g/mol. The lowest BCUT2D eigenvalue weighted by atomic mass is 10.2. The zero-order valence-electron chi connectivity index (χ0n) is 8.63. The number of aromatic nitrogens is 2. The van der Waals surface area contributed by atoms with E-state index in [0.29, 0.717) is 11.8 Å². The first kappa shape index (κ1) is 10.9. The molecule has 3 nitrogen and oxygen atoms in total. The molecule has 0 N–H and O–H groups in total. The van der Waals surface area contributed by atoms with Gasteiger partial charge in [-0.15, -0.1) is 21.5 Å². The van der Waals surface area contributed by atoms with E-state index in [1.165, 1.54) is 3.57 Å². The lowest BCUT2D eigenvalue weighted by Crippen LogP contribution is -1.77. The van der Waals surface area contributed by atoms with Crippen molar-refractivity contribution in [2.24, 2.45) is 0 Å². The summed E-state index contributed by atoms with van der Waals surface area (Å²) < 4.78 is 6.82. The molecule has 0 radical (unpaired) electrons. The van der Waals surface area contributed by atoms with Crippen LogP contribution < -0.4 is 0 Å². The summed E-state index contributed by atoms with van der Waals surface area (Å²) in [5.41, 5.74) is 0.945. The van der Waals surface area contributed by atoms with Gasteiger partial charge in [0, 0.05) is 9.13 Å². The minimum atomic E-state index is 0.560. The Kier molecular flexibility index (Phi) is 2.94. The Bertz CT molecular complexity index is 616. The third kappa shape index (κ3) is 2.25. The lowest BCUT2D eigenvalue weighted by Gasteiger charge is -1.94. The van der Waals surface area contributed by atoms with Gasteiger partial charge < -0.3 is 4.42 Å². The quantitative estimate of drug-likeness (QED) is 0.652. The molecule has 2 heterocycles. The van der Waals surface area contributed by atoms with E-state index < -0.39 is 0 Å². The summed E-state index contributed by atoms with van der Waals surface area (Å²) in [6.45, 7) is 0. The van der Waals surface area contributed by atoms with Crippen LogP contribution in [-0.4, -0.2) is 10.2 Å². The number of benzene rings is 1. The lowest BCUT2D eigenvalue weighted by molar-refractivity contribution is 0.586. The number of hydrogen-bond acceptors (Lipinski definition) is 4. The van der Waals surface area contributed by atoms with Crippen molar-refractivity contribution in [3.8, 4) is 22.2 Å². The van der Waals surface area contributed by atoms with Gasteiger partial charge in [-0.3, -0.25) is 0 Å². The van der Waals surface area contributed by atoms with E-state index in [4.69, 9.17) is 4.42 Å². The first-order valence-electron chi connectivity index (χ1n) is 4.96. The van der Waals surface area contributed by atoms with Crippen molar-refractivity contribution < 1.29 is 4.42 Å². The number of halogens is 1. The van der Waals surface area contributed by atoms with Gasteiger partial charge in [0.25, 0.3) is 5.89 Å². The van der Waals surface area contributed by atoms with Crippen LogP contribution in [0.5, 0.6) is 0 Å². The molecule has 5 heteroatoms. The smallest absolute Gasteiger partial charge is 0.258 e. The Morgan fingerprint density at radius 2 is 1.76 bits per heavy atom. The minimum Gasteiger partial charge on any atom is -0.415 e. The molecule has 2 aromatic heterocycles. The van der Waals surface area contributed by atoms with E-state index in [9.17, 15) is 0 Å². The van der Waals surface area contributed by atoms with Crippen LogP contribution >= 0.6 is 33.9 Å². The summed E-state index contributed by atoms with van der Waals surface area (Å²) in [5.74, 6) is 1.14. The molecular formula is C12H7IN2OS. The van der Waals surface area contributed by atoms with E-state index in [1.807, 2.05) is 41.8 Å². The maximum Gasteiger partial charge on any atom is 0.258 e. The van der Waals surface area contributed by atoms with Gasteiger partial charge in [0.15, 0.2) is 0 Å². The molecule has 0 atom stereocenters. The highest BCUT2D eigenvalue weighted by molar-refractivity contribution is 14.1. The SMILES string of the molecule is Ic1ccc(-c2nnc(-c3cccs3)o2)cc1. The molecule has 84 valence electrons. The van der Waals surface area contributed by atoms with Crippen LogP contribution in [0.15, 0.2) is 46.2 Å². The molecule has 0 amide bonds. The zero-order chi connectivity index (χ0) is 11.7. The van der Waals surface area contributed by atoms with Crippen LogP contribution in [0.4, 0.5) is 0 Å². The highest BCUT2D eigenvalue weighted by atomic mass is 127. The first-order valence-corrected chi connectivity index (χ1v) is 6.92. The van der Waals surface area contributed by atoms with Crippen molar-refractivity contribution in [2.75, 3.05) is 0 Å². The Hall–Kier alpha value is -1.21. The van der Waals surface area contributed by atoms with E-state index >= 15 is 0 Å². The summed E-state index contributed by atoms with van der Waals surface area (Å²) in [6, 6.07) is 11.9. The summed E-state index contributed by atoms with van der Waals surface area (Å²) in [7, 11) is 0. The largest absolute Gasteiger partial charge is 0.415 e. The number of hydrogen-bond donors (Lipinski definition) is 0. The monoisotopic (exact) mass is 354 g/mol. The molecule has 0 aliphatic rings. The van der Waals surface area contributed by atoms with Gasteiger partial charge in [-0.25, -0.2) is 0 Å². The van der Waals surface area contributed by atoms with Crippen molar-refractivity contribution >= 4 is 33.9 Å². The number of thiophene rings is 1. The van der Waals surface area contributed by atoms with Crippen molar-refractivity contribution in [1.29, 1.82) is 0 Å². The Morgan fingerprint density at radius 3 is 2.47 bits per heavy atom. The Balaban J connectivity index is 1.98. The predicted molar refractivity (Wildman–Crippen MR) is 75.8 cm³/mol. The third-order valence-electron chi connectivity index (χ3n) is 2.25. The molecule has 3 rings (SSSR count). The van der Waals surface area contributed by atoms with Gasteiger partial charge in [-0.05, 0) is 58.3 Å². The van der Waals surface area contributed by atoms with Crippen molar-refractivity contribution in [2.45, 2.75) is 0 Å². The third-order valence-corrected chi connectivity index (χ3v) is 3.83. The van der Waals surface area contributed by atoms with Crippen LogP contribution in [0.1, 0.15) is 0 Å². The normalized spacial score (nSPS) is 10.6. The molecule has 0 spiro atoms. The van der Waals surface area contributed by atoms with Crippen molar-refractivity contribution in [3.63, 3.8) is 0 Å². The highest BCUT2D eigenvalue weighted by Gasteiger charge is 2.10. The topological polar surface area (TPSA) is 38.9 Å². The summed E-state index contributed by atoms with van der Waals surface area (Å²) in [5, 5.41) is 10.1.